The van der Waals surface area contributed by atoms with E-state index in [0.29, 0.717) is 11.2 Å². The minimum Gasteiger partial charge on any atom is -0.394 e. The average molecular weight is 484 g/mol. The highest BCUT2D eigenvalue weighted by Crippen LogP contribution is 2.60. The van der Waals surface area contributed by atoms with E-state index in [-0.39, 0.29) is 5.82 Å². The molecule has 1 saturated heterocycles. The molecule has 2 aromatic rings. The van der Waals surface area contributed by atoms with E-state index in [2.05, 4.69) is 34.6 Å². The molecule has 0 radical (unpaired) electrons. The van der Waals surface area contributed by atoms with Crippen LogP contribution in [0, 0.1) is 0 Å². The molecule has 0 aromatic carbocycles. The third-order valence-corrected chi connectivity index (χ3v) is 16.0. The van der Waals surface area contributed by atoms with Crippen molar-refractivity contribution in [2.45, 2.75) is 80.8 Å². The van der Waals surface area contributed by atoms with Crippen molar-refractivity contribution in [1.82, 2.24) is 19.5 Å². The highest BCUT2D eigenvalue weighted by Gasteiger charge is 2.83. The van der Waals surface area contributed by atoms with Gasteiger partial charge in [0, 0.05) is 0 Å². The van der Waals surface area contributed by atoms with Crippen LogP contribution >= 0.6 is 0 Å². The van der Waals surface area contributed by atoms with Gasteiger partial charge in [-0.25, -0.2) is 15.0 Å². The average Bonchev–Trinajstić information content (AvgIpc) is 3.12. The summed E-state index contributed by atoms with van der Waals surface area (Å²) >= 11 is 0. The predicted octanol–water partition coefficient (Wildman–Crippen LogP) is 1.55. The summed E-state index contributed by atoms with van der Waals surface area (Å²) < 4.78 is 8.51. The molecule has 0 spiro atoms. The summed E-state index contributed by atoms with van der Waals surface area (Å²) in [6.45, 7) is 18.0. The number of nitrogens with zero attached hydrogens (tertiary/aromatic N) is 4. The van der Waals surface area contributed by atoms with Crippen LogP contribution in [0.5, 0.6) is 0 Å². The molecule has 12 heteroatoms. The molecule has 0 aliphatic carbocycles. The van der Waals surface area contributed by atoms with Gasteiger partial charge in [0.1, 0.15) is 36.5 Å². The first-order valence-electron chi connectivity index (χ1n) is 10.6. The van der Waals surface area contributed by atoms with Gasteiger partial charge in [-0.3, -0.25) is 4.57 Å². The molecule has 0 amide bonds. The summed E-state index contributed by atoms with van der Waals surface area (Å²) in [7, 11) is -7.74. The van der Waals surface area contributed by atoms with Crippen molar-refractivity contribution >= 4 is 41.2 Å². The first-order chi connectivity index (χ1) is 13.9. The number of aromatic nitrogens is 4. The molecule has 1 fully saturated rings. The largest absolute Gasteiger partial charge is 0.394 e. The molecule has 31 heavy (non-hydrogen) atoms. The van der Waals surface area contributed by atoms with Gasteiger partial charge in [0.25, 0.3) is 0 Å². The number of nitrogen functional groups attached to an aromatic ring is 1. The van der Waals surface area contributed by atoms with E-state index in [1.54, 1.807) is 10.9 Å². The van der Waals surface area contributed by atoms with Gasteiger partial charge in [-0.1, -0.05) is 58.9 Å². The predicted molar refractivity (Wildman–Crippen MR) is 130 cm³/mol. The number of hydrogen-bond acceptors (Lipinski definition) is 8. The SMILES string of the molecule is C[Si](C)(C)[C@@]1(O)[C@@](O)([Si](C)(C)C)[C@@H](CO)O[C@]1(n1cnc2c(N)ncnc21)[Si](C)(C)C. The fraction of sp³-hybridized carbons (Fsp3) is 0.737. The number of rotatable bonds is 5. The van der Waals surface area contributed by atoms with Crippen LogP contribution in [0.25, 0.3) is 11.2 Å². The van der Waals surface area contributed by atoms with Gasteiger partial charge in [-0.05, 0) is 0 Å². The molecule has 0 unspecified atom stereocenters. The normalized spacial score (nSPS) is 32.7. The fourth-order valence-corrected chi connectivity index (χ4v) is 17.7. The molecule has 174 valence electrons. The number of imidazole rings is 1. The van der Waals surface area contributed by atoms with Crippen LogP contribution in [-0.2, 0) is 10.1 Å². The van der Waals surface area contributed by atoms with Crippen molar-refractivity contribution in [2.75, 3.05) is 12.3 Å². The van der Waals surface area contributed by atoms with E-state index < -0.39 is 52.7 Å². The lowest BCUT2D eigenvalue weighted by molar-refractivity contribution is -0.113. The Morgan fingerprint density at radius 2 is 1.55 bits per heavy atom. The Balaban J connectivity index is 2.56. The van der Waals surface area contributed by atoms with E-state index in [0.717, 1.165) is 0 Å². The highest BCUT2D eigenvalue weighted by atomic mass is 28.3. The van der Waals surface area contributed by atoms with Crippen LogP contribution < -0.4 is 5.73 Å². The Hall–Kier alpha value is -1.16. The second-order valence-electron chi connectivity index (χ2n) is 11.7. The van der Waals surface area contributed by atoms with Crippen molar-refractivity contribution in [2.24, 2.45) is 0 Å². The van der Waals surface area contributed by atoms with Crippen molar-refractivity contribution < 1.29 is 20.1 Å². The Kier molecular flexibility index (Phi) is 5.46. The number of aliphatic hydroxyl groups excluding tert-OH is 1. The maximum Gasteiger partial charge on any atom is 0.167 e. The van der Waals surface area contributed by atoms with E-state index >= 15 is 0 Å². The van der Waals surface area contributed by atoms with Gasteiger partial charge in [-0.15, -0.1) is 0 Å². The summed E-state index contributed by atoms with van der Waals surface area (Å²) in [5.74, 6) is 0.239. The van der Waals surface area contributed by atoms with Gasteiger partial charge in [-0.2, -0.15) is 0 Å². The Bertz CT molecular complexity index is 999. The van der Waals surface area contributed by atoms with Crippen LogP contribution in [0.15, 0.2) is 12.7 Å². The van der Waals surface area contributed by atoms with Crippen molar-refractivity contribution in [3.05, 3.63) is 12.7 Å². The number of ether oxygens (including phenoxy) is 1. The zero-order valence-corrected chi connectivity index (χ0v) is 23.1. The minimum atomic E-state index is -2.64. The first-order valence-corrected chi connectivity index (χ1v) is 21.1. The summed E-state index contributed by atoms with van der Waals surface area (Å²) in [6.07, 6.45) is 2.01. The molecule has 5 N–H and O–H groups in total. The molecular formula is C19H37N5O4Si3. The lowest BCUT2D eigenvalue weighted by Gasteiger charge is -2.59. The zero-order chi connectivity index (χ0) is 23.8. The van der Waals surface area contributed by atoms with E-state index in [1.807, 2.05) is 39.3 Å². The molecule has 4 atom stereocenters. The molecule has 0 saturated carbocycles. The minimum absolute atomic E-state index is 0.239. The quantitative estimate of drug-likeness (QED) is 0.470. The van der Waals surface area contributed by atoms with Crippen LogP contribution in [0.1, 0.15) is 0 Å². The maximum absolute atomic E-state index is 13.0. The number of nitrogens with two attached hydrogens (primary N) is 1. The standard InChI is InChI=1S/C19H37N5O4Si3/c1-29(2,3)17(26)13(10-25)28-19(31(7,8)9,18(17,27)30(4,5)6)24-12-23-14-15(20)21-11-22-16(14)24/h11-13,25-27H,10H2,1-9H3,(H2,20,21,22)/t13-,17+,18+,19+/m1/s1. The summed E-state index contributed by atoms with van der Waals surface area (Å²) in [6, 6.07) is 0. The fourth-order valence-electron chi connectivity index (χ4n) is 5.54. The summed E-state index contributed by atoms with van der Waals surface area (Å²) in [5.41, 5.74) is 6.93. The Morgan fingerprint density at radius 3 is 2.00 bits per heavy atom. The third-order valence-electron chi connectivity index (χ3n) is 6.93. The van der Waals surface area contributed by atoms with E-state index in [9.17, 15) is 15.3 Å². The van der Waals surface area contributed by atoms with Gasteiger partial charge in [0.2, 0.25) is 0 Å². The van der Waals surface area contributed by atoms with Crippen LogP contribution in [0.3, 0.4) is 0 Å². The van der Waals surface area contributed by atoms with Crippen molar-refractivity contribution in [1.29, 1.82) is 0 Å². The van der Waals surface area contributed by atoms with Gasteiger partial charge in [0.05, 0.1) is 29.1 Å². The number of hydrogen-bond donors (Lipinski definition) is 4. The van der Waals surface area contributed by atoms with Gasteiger partial charge >= 0.3 is 0 Å². The number of aliphatic hydroxyl groups is 3. The highest BCUT2D eigenvalue weighted by molar-refractivity contribution is 6.89. The van der Waals surface area contributed by atoms with Crippen LogP contribution in [0.4, 0.5) is 5.82 Å². The molecule has 0 bridgehead atoms. The number of fused-ring (bicyclic) bond motifs is 1. The maximum atomic E-state index is 13.0. The molecule has 3 rings (SSSR count). The monoisotopic (exact) mass is 483 g/mol. The van der Waals surface area contributed by atoms with Crippen molar-refractivity contribution in [3.63, 3.8) is 0 Å². The smallest absolute Gasteiger partial charge is 0.167 e. The summed E-state index contributed by atoms with van der Waals surface area (Å²) in [5, 5.41) is 31.2. The van der Waals surface area contributed by atoms with Crippen molar-refractivity contribution in [3.8, 4) is 0 Å². The van der Waals surface area contributed by atoms with E-state index in [1.165, 1.54) is 6.33 Å². The van der Waals surface area contributed by atoms with E-state index in [4.69, 9.17) is 10.5 Å². The molecule has 2 aromatic heterocycles. The molecule has 1 aliphatic heterocycles. The molecule has 3 heterocycles. The Labute approximate surface area is 186 Å². The van der Waals surface area contributed by atoms with Crippen LogP contribution in [0.2, 0.25) is 58.9 Å². The zero-order valence-electron chi connectivity index (χ0n) is 20.1. The second kappa shape index (κ2) is 6.92. The second-order valence-corrected chi connectivity index (χ2v) is 27.4. The Morgan fingerprint density at radius 1 is 0.968 bits per heavy atom. The topological polar surface area (TPSA) is 140 Å². The third kappa shape index (κ3) is 2.82. The summed E-state index contributed by atoms with van der Waals surface area (Å²) in [4.78, 5) is 12.9. The molecule has 9 nitrogen and oxygen atoms in total. The lowest BCUT2D eigenvalue weighted by atomic mass is 10.1. The first kappa shape index (κ1) is 24.5. The lowest BCUT2D eigenvalue weighted by Crippen LogP contribution is -2.84. The number of anilines is 1. The van der Waals surface area contributed by atoms with Gasteiger partial charge < -0.3 is 25.8 Å². The van der Waals surface area contributed by atoms with Gasteiger partial charge in [0.15, 0.2) is 16.8 Å². The molecular weight excluding hydrogens is 446 g/mol. The van der Waals surface area contributed by atoms with Crippen LogP contribution in [-0.4, -0.2) is 82.2 Å². The molecule has 1 aliphatic rings.